The normalized spacial score (nSPS) is 11.8. The van der Waals surface area contributed by atoms with Crippen LogP contribution in [0.15, 0.2) is 47.5 Å². The van der Waals surface area contributed by atoms with Gasteiger partial charge >= 0.3 is 0 Å². The molecule has 0 saturated heterocycles. The first kappa shape index (κ1) is 17.5. The molecule has 7 heteroatoms. The van der Waals surface area contributed by atoms with Gasteiger partial charge in [0, 0.05) is 37.5 Å². The summed E-state index contributed by atoms with van der Waals surface area (Å²) in [5, 5.41) is 0. The van der Waals surface area contributed by atoms with Crippen molar-refractivity contribution >= 4 is 10.0 Å². The fourth-order valence-corrected chi connectivity index (χ4v) is 3.79. The zero-order chi connectivity index (χ0) is 16.9. The summed E-state index contributed by atoms with van der Waals surface area (Å²) in [4.78, 5) is 3.64. The van der Waals surface area contributed by atoms with Gasteiger partial charge in [-0.1, -0.05) is 13.0 Å². The molecule has 0 amide bonds. The van der Waals surface area contributed by atoms with Crippen LogP contribution >= 0.6 is 0 Å². The van der Waals surface area contributed by atoms with E-state index in [1.54, 1.807) is 18.3 Å². The van der Waals surface area contributed by atoms with Crippen LogP contribution in [0.1, 0.15) is 19.0 Å². The average Bonchev–Trinajstić information content (AvgIpc) is 2.52. The van der Waals surface area contributed by atoms with E-state index in [2.05, 4.69) is 4.98 Å². The summed E-state index contributed by atoms with van der Waals surface area (Å²) in [6.45, 7) is 2.28. The lowest BCUT2D eigenvalue weighted by Crippen LogP contribution is -2.34. The summed E-state index contributed by atoms with van der Waals surface area (Å²) >= 11 is 0. The topological polar surface area (TPSA) is 50.3 Å². The van der Waals surface area contributed by atoms with E-state index in [0.29, 0.717) is 18.9 Å². The van der Waals surface area contributed by atoms with Gasteiger partial charge < -0.3 is 0 Å². The number of nitrogens with zero attached hydrogens (tertiary/aromatic N) is 2. The molecule has 1 aromatic carbocycles. The van der Waals surface area contributed by atoms with Crippen LogP contribution in [0.5, 0.6) is 0 Å². The minimum Gasteiger partial charge on any atom is -0.261 e. The van der Waals surface area contributed by atoms with Crippen LogP contribution in [-0.4, -0.2) is 30.8 Å². The minimum absolute atomic E-state index is 0.185. The van der Waals surface area contributed by atoms with E-state index in [1.807, 2.05) is 13.0 Å². The van der Waals surface area contributed by atoms with E-state index in [-0.39, 0.29) is 13.1 Å². The van der Waals surface area contributed by atoms with Gasteiger partial charge in [-0.2, -0.15) is 4.31 Å². The number of hydrogen-bond acceptors (Lipinski definition) is 3. The number of pyridine rings is 1. The number of rotatable bonds is 7. The molecule has 0 bridgehead atoms. The number of aromatic nitrogens is 1. The van der Waals surface area contributed by atoms with Gasteiger partial charge in [0.2, 0.25) is 10.0 Å². The van der Waals surface area contributed by atoms with Crippen LogP contribution in [0.25, 0.3) is 0 Å². The first-order valence-electron chi connectivity index (χ1n) is 7.30. The Kier molecular flexibility index (Phi) is 5.79. The van der Waals surface area contributed by atoms with Crippen molar-refractivity contribution in [3.8, 4) is 0 Å². The Balaban J connectivity index is 2.24. The number of benzene rings is 1. The van der Waals surface area contributed by atoms with E-state index in [1.165, 1.54) is 4.31 Å². The summed E-state index contributed by atoms with van der Waals surface area (Å²) in [5.41, 5.74) is 0.753. The molecule has 0 aliphatic carbocycles. The molecule has 0 radical (unpaired) electrons. The largest absolute Gasteiger partial charge is 0.261 e. The highest BCUT2D eigenvalue weighted by Gasteiger charge is 2.27. The summed E-state index contributed by atoms with van der Waals surface area (Å²) in [6.07, 6.45) is 2.64. The maximum atomic E-state index is 13.9. The highest BCUT2D eigenvalue weighted by molar-refractivity contribution is 7.89. The Morgan fingerprint density at radius 3 is 2.52 bits per heavy atom. The van der Waals surface area contributed by atoms with Gasteiger partial charge in [0.05, 0.1) is 0 Å². The van der Waals surface area contributed by atoms with Gasteiger partial charge in [-0.15, -0.1) is 0 Å². The fourth-order valence-electron chi connectivity index (χ4n) is 2.21. The molecule has 0 spiro atoms. The van der Waals surface area contributed by atoms with E-state index in [9.17, 15) is 17.2 Å². The van der Waals surface area contributed by atoms with E-state index >= 15 is 0 Å². The SMILES string of the molecule is CCCN(CCc1ccccn1)S(=O)(=O)c1ccc(F)cc1F. The summed E-state index contributed by atoms with van der Waals surface area (Å²) < 4.78 is 53.3. The average molecular weight is 340 g/mol. The van der Waals surface area contributed by atoms with Crippen LogP contribution in [-0.2, 0) is 16.4 Å². The Morgan fingerprint density at radius 2 is 1.91 bits per heavy atom. The Bertz CT molecular complexity index is 752. The monoisotopic (exact) mass is 340 g/mol. The maximum absolute atomic E-state index is 13.9. The minimum atomic E-state index is -4.02. The third-order valence-electron chi connectivity index (χ3n) is 3.33. The maximum Gasteiger partial charge on any atom is 0.245 e. The van der Waals surface area contributed by atoms with Gasteiger partial charge in [-0.25, -0.2) is 17.2 Å². The Hall–Kier alpha value is -1.86. The first-order valence-corrected chi connectivity index (χ1v) is 8.74. The molecule has 2 aromatic rings. The van der Waals surface area contributed by atoms with Crippen molar-refractivity contribution in [1.29, 1.82) is 0 Å². The molecule has 0 fully saturated rings. The van der Waals surface area contributed by atoms with Crippen LogP contribution in [0.3, 0.4) is 0 Å². The third-order valence-corrected chi connectivity index (χ3v) is 5.26. The van der Waals surface area contributed by atoms with Crippen molar-refractivity contribution in [2.24, 2.45) is 0 Å². The predicted molar refractivity (Wildman–Crippen MR) is 83.3 cm³/mol. The summed E-state index contributed by atoms with van der Waals surface area (Å²) in [7, 11) is -4.02. The molecule has 0 unspecified atom stereocenters. The molecule has 0 aliphatic rings. The van der Waals surface area contributed by atoms with Gasteiger partial charge in [-0.3, -0.25) is 4.98 Å². The first-order chi connectivity index (χ1) is 10.9. The highest BCUT2D eigenvalue weighted by atomic mass is 32.2. The molecule has 0 N–H and O–H groups in total. The zero-order valence-electron chi connectivity index (χ0n) is 12.7. The Morgan fingerprint density at radius 1 is 1.13 bits per heavy atom. The molecule has 0 atom stereocenters. The molecular formula is C16H18F2N2O2S. The quantitative estimate of drug-likeness (QED) is 0.778. The second kappa shape index (κ2) is 7.61. The second-order valence-electron chi connectivity index (χ2n) is 5.05. The molecule has 1 heterocycles. The molecule has 0 aliphatic heterocycles. The van der Waals surface area contributed by atoms with Crippen molar-refractivity contribution < 1.29 is 17.2 Å². The van der Waals surface area contributed by atoms with Crippen molar-refractivity contribution in [3.63, 3.8) is 0 Å². The van der Waals surface area contributed by atoms with Crippen molar-refractivity contribution in [2.75, 3.05) is 13.1 Å². The molecule has 0 saturated carbocycles. The second-order valence-corrected chi connectivity index (χ2v) is 6.96. The van der Waals surface area contributed by atoms with Crippen LogP contribution in [0, 0.1) is 11.6 Å². The van der Waals surface area contributed by atoms with Crippen molar-refractivity contribution in [3.05, 3.63) is 59.9 Å². The standard InChI is InChI=1S/C16H18F2N2O2S/c1-2-10-20(11-8-14-5-3-4-9-19-14)23(21,22)16-7-6-13(17)12-15(16)18/h3-7,9,12H,2,8,10-11H2,1H3. The summed E-state index contributed by atoms with van der Waals surface area (Å²) in [6, 6.07) is 7.88. The molecule has 1 aromatic heterocycles. The molecule has 124 valence electrons. The van der Waals surface area contributed by atoms with Crippen LogP contribution in [0.4, 0.5) is 8.78 Å². The van der Waals surface area contributed by atoms with Crippen molar-refractivity contribution in [1.82, 2.24) is 9.29 Å². The van der Waals surface area contributed by atoms with E-state index in [4.69, 9.17) is 0 Å². The molecule has 23 heavy (non-hydrogen) atoms. The lowest BCUT2D eigenvalue weighted by Gasteiger charge is -2.21. The zero-order valence-corrected chi connectivity index (χ0v) is 13.6. The van der Waals surface area contributed by atoms with Gasteiger partial charge in [-0.05, 0) is 30.7 Å². The number of sulfonamides is 1. The highest BCUT2D eigenvalue weighted by Crippen LogP contribution is 2.20. The smallest absolute Gasteiger partial charge is 0.245 e. The number of halogens is 2. The predicted octanol–water partition coefficient (Wildman–Crippen LogP) is 3.00. The van der Waals surface area contributed by atoms with Crippen molar-refractivity contribution in [2.45, 2.75) is 24.7 Å². The molecular weight excluding hydrogens is 322 g/mol. The third kappa shape index (κ3) is 4.33. The van der Waals surface area contributed by atoms with Crippen LogP contribution in [0.2, 0.25) is 0 Å². The van der Waals surface area contributed by atoms with E-state index in [0.717, 1.165) is 17.8 Å². The fraction of sp³-hybridized carbons (Fsp3) is 0.312. The number of hydrogen-bond donors (Lipinski definition) is 0. The van der Waals surface area contributed by atoms with Crippen LogP contribution < -0.4 is 0 Å². The lowest BCUT2D eigenvalue weighted by molar-refractivity contribution is 0.408. The molecule has 2 rings (SSSR count). The van der Waals surface area contributed by atoms with Gasteiger partial charge in [0.1, 0.15) is 16.5 Å². The van der Waals surface area contributed by atoms with E-state index < -0.39 is 26.6 Å². The van der Waals surface area contributed by atoms with Gasteiger partial charge in [0.15, 0.2) is 0 Å². The lowest BCUT2D eigenvalue weighted by atomic mass is 10.3. The Labute approximate surface area is 134 Å². The molecule has 4 nitrogen and oxygen atoms in total. The summed E-state index contributed by atoms with van der Waals surface area (Å²) in [5.74, 6) is -1.89. The van der Waals surface area contributed by atoms with Gasteiger partial charge in [0.25, 0.3) is 0 Å².